The molecule has 1 saturated heterocycles. The summed E-state index contributed by atoms with van der Waals surface area (Å²) in [7, 11) is 1.65. The molecule has 1 saturated carbocycles. The number of likely N-dealkylation sites (tertiary alicyclic amines) is 1. The number of nitrogens with zero attached hydrogens (tertiary/aromatic N) is 1. The van der Waals surface area contributed by atoms with E-state index in [1.54, 1.807) is 7.11 Å². The number of rotatable bonds is 5. The van der Waals surface area contributed by atoms with Gasteiger partial charge in [-0.25, -0.2) is 0 Å². The lowest BCUT2D eigenvalue weighted by Crippen LogP contribution is -2.41. The SMILES string of the molecule is COc1cccc([C@H]2C[C@H](O)CN2CC(=O)NC2CCCC2)c1. The van der Waals surface area contributed by atoms with Crippen molar-refractivity contribution in [3.8, 4) is 5.75 Å². The maximum absolute atomic E-state index is 12.3. The Morgan fingerprint density at radius 1 is 1.39 bits per heavy atom. The van der Waals surface area contributed by atoms with Crippen LogP contribution < -0.4 is 10.1 Å². The van der Waals surface area contributed by atoms with Gasteiger partial charge in [0.15, 0.2) is 0 Å². The second-order valence-electron chi connectivity index (χ2n) is 6.66. The highest BCUT2D eigenvalue weighted by Crippen LogP contribution is 2.33. The predicted molar refractivity (Wildman–Crippen MR) is 88.3 cm³/mol. The standard InChI is InChI=1S/C18H26N2O3/c1-23-16-8-4-5-13(9-16)17-10-15(21)11-20(17)12-18(22)19-14-6-2-3-7-14/h4-5,8-9,14-15,17,21H,2-3,6-7,10-12H2,1H3,(H,19,22)/t15-,17+/m0/s1. The molecule has 2 atom stereocenters. The van der Waals surface area contributed by atoms with Crippen LogP contribution in [0.1, 0.15) is 43.7 Å². The van der Waals surface area contributed by atoms with E-state index in [0.717, 1.165) is 24.2 Å². The van der Waals surface area contributed by atoms with Gasteiger partial charge in [0, 0.05) is 18.6 Å². The van der Waals surface area contributed by atoms with Gasteiger partial charge in [-0.1, -0.05) is 25.0 Å². The van der Waals surface area contributed by atoms with Gasteiger partial charge in [0.05, 0.1) is 19.8 Å². The van der Waals surface area contributed by atoms with E-state index in [4.69, 9.17) is 4.74 Å². The Labute approximate surface area is 137 Å². The molecule has 1 aliphatic heterocycles. The fourth-order valence-corrected chi connectivity index (χ4v) is 3.78. The van der Waals surface area contributed by atoms with Gasteiger partial charge in [-0.15, -0.1) is 0 Å². The van der Waals surface area contributed by atoms with Gasteiger partial charge in [0.25, 0.3) is 0 Å². The van der Waals surface area contributed by atoms with Crippen molar-refractivity contribution >= 4 is 5.91 Å². The molecule has 0 bridgehead atoms. The lowest BCUT2D eigenvalue weighted by Gasteiger charge is -2.25. The smallest absolute Gasteiger partial charge is 0.234 e. The summed E-state index contributed by atoms with van der Waals surface area (Å²) < 4.78 is 5.29. The van der Waals surface area contributed by atoms with Crippen molar-refractivity contribution in [3.63, 3.8) is 0 Å². The van der Waals surface area contributed by atoms with Gasteiger partial charge >= 0.3 is 0 Å². The minimum absolute atomic E-state index is 0.0643. The van der Waals surface area contributed by atoms with Crippen LogP contribution in [0.4, 0.5) is 0 Å². The molecule has 0 unspecified atom stereocenters. The van der Waals surface area contributed by atoms with Crippen molar-refractivity contribution in [1.29, 1.82) is 0 Å². The van der Waals surface area contributed by atoms with Crippen LogP contribution in [0.2, 0.25) is 0 Å². The van der Waals surface area contributed by atoms with Gasteiger partial charge < -0.3 is 15.2 Å². The first-order valence-electron chi connectivity index (χ1n) is 8.51. The Balaban J connectivity index is 1.65. The Hall–Kier alpha value is -1.59. The molecule has 1 aromatic rings. The number of amides is 1. The molecule has 23 heavy (non-hydrogen) atoms. The van der Waals surface area contributed by atoms with Crippen LogP contribution in [-0.4, -0.2) is 48.3 Å². The quantitative estimate of drug-likeness (QED) is 0.870. The van der Waals surface area contributed by atoms with Gasteiger partial charge in [0.1, 0.15) is 5.75 Å². The highest BCUT2D eigenvalue weighted by atomic mass is 16.5. The van der Waals surface area contributed by atoms with E-state index >= 15 is 0 Å². The fourth-order valence-electron chi connectivity index (χ4n) is 3.78. The van der Waals surface area contributed by atoms with Crippen molar-refractivity contribution in [2.24, 2.45) is 0 Å². The minimum Gasteiger partial charge on any atom is -0.497 e. The van der Waals surface area contributed by atoms with Gasteiger partial charge in [-0.3, -0.25) is 9.69 Å². The third-order valence-corrected chi connectivity index (χ3v) is 4.93. The molecular weight excluding hydrogens is 292 g/mol. The molecular formula is C18H26N2O3. The maximum Gasteiger partial charge on any atom is 0.234 e. The van der Waals surface area contributed by atoms with Crippen LogP contribution in [0.5, 0.6) is 5.75 Å². The maximum atomic E-state index is 12.3. The van der Waals surface area contributed by atoms with Gasteiger partial charge in [0.2, 0.25) is 5.91 Å². The summed E-state index contributed by atoms with van der Waals surface area (Å²) in [4.78, 5) is 14.4. The van der Waals surface area contributed by atoms with Crippen LogP contribution in [-0.2, 0) is 4.79 Å². The third kappa shape index (κ3) is 4.03. The lowest BCUT2D eigenvalue weighted by atomic mass is 10.0. The fraction of sp³-hybridized carbons (Fsp3) is 0.611. The van der Waals surface area contributed by atoms with Crippen molar-refractivity contribution in [2.75, 3.05) is 20.2 Å². The first-order chi connectivity index (χ1) is 11.2. The summed E-state index contributed by atoms with van der Waals surface area (Å²) >= 11 is 0. The monoisotopic (exact) mass is 318 g/mol. The number of benzene rings is 1. The van der Waals surface area contributed by atoms with Crippen molar-refractivity contribution in [3.05, 3.63) is 29.8 Å². The molecule has 2 N–H and O–H groups in total. The molecule has 126 valence electrons. The number of aliphatic hydroxyl groups is 1. The number of nitrogens with one attached hydrogen (secondary N) is 1. The van der Waals surface area contributed by atoms with E-state index in [1.165, 1.54) is 12.8 Å². The van der Waals surface area contributed by atoms with Crippen LogP contribution in [0.15, 0.2) is 24.3 Å². The highest BCUT2D eigenvalue weighted by Gasteiger charge is 2.33. The van der Waals surface area contributed by atoms with E-state index < -0.39 is 0 Å². The number of carbonyl (C=O) groups excluding carboxylic acids is 1. The topological polar surface area (TPSA) is 61.8 Å². The molecule has 3 rings (SSSR count). The van der Waals surface area contributed by atoms with Crippen LogP contribution >= 0.6 is 0 Å². The summed E-state index contributed by atoms with van der Waals surface area (Å²) in [5.41, 5.74) is 1.09. The number of carbonyl (C=O) groups is 1. The van der Waals surface area contributed by atoms with Crippen LogP contribution in [0.3, 0.4) is 0 Å². The molecule has 1 aliphatic carbocycles. The first kappa shape index (κ1) is 16.3. The Bertz CT molecular complexity index is 543. The normalized spacial score (nSPS) is 25.7. The molecule has 2 aliphatic rings. The number of ether oxygens (including phenoxy) is 1. The second-order valence-corrected chi connectivity index (χ2v) is 6.66. The third-order valence-electron chi connectivity index (χ3n) is 4.93. The predicted octanol–water partition coefficient (Wildman–Crippen LogP) is 1.86. The van der Waals surface area contributed by atoms with Crippen LogP contribution in [0.25, 0.3) is 0 Å². The number of hydrogen-bond donors (Lipinski definition) is 2. The first-order valence-corrected chi connectivity index (χ1v) is 8.51. The van der Waals surface area contributed by atoms with Crippen LogP contribution in [0, 0.1) is 0 Å². The average molecular weight is 318 g/mol. The summed E-state index contributed by atoms with van der Waals surface area (Å²) in [5, 5.41) is 13.2. The summed E-state index contributed by atoms with van der Waals surface area (Å²) in [6, 6.07) is 8.29. The molecule has 1 aromatic carbocycles. The Kier molecular flexibility index (Phi) is 5.18. The van der Waals surface area contributed by atoms with E-state index in [0.29, 0.717) is 25.6 Å². The molecule has 0 radical (unpaired) electrons. The summed E-state index contributed by atoms with van der Waals surface area (Å²) in [5.74, 6) is 0.873. The van der Waals surface area contributed by atoms with Gasteiger partial charge in [-0.05, 0) is 37.0 Å². The molecule has 1 heterocycles. The van der Waals surface area contributed by atoms with E-state index in [-0.39, 0.29) is 18.1 Å². The average Bonchev–Trinajstić information content (AvgIpc) is 3.17. The number of β-amino-alcohol motifs (C(OH)–C–C–N with tert-alkyl or cyclic N) is 1. The van der Waals surface area contributed by atoms with Crippen molar-refractivity contribution in [2.45, 2.75) is 50.3 Å². The number of hydrogen-bond acceptors (Lipinski definition) is 4. The highest BCUT2D eigenvalue weighted by molar-refractivity contribution is 5.78. The summed E-state index contributed by atoms with van der Waals surface area (Å²) in [6.07, 6.45) is 4.87. The summed E-state index contributed by atoms with van der Waals surface area (Å²) in [6.45, 7) is 0.884. The molecule has 1 amide bonds. The molecule has 0 spiro atoms. The Morgan fingerprint density at radius 3 is 2.91 bits per heavy atom. The molecule has 5 nitrogen and oxygen atoms in total. The van der Waals surface area contributed by atoms with Crippen molar-refractivity contribution in [1.82, 2.24) is 10.2 Å². The lowest BCUT2D eigenvalue weighted by molar-refractivity contribution is -0.123. The van der Waals surface area contributed by atoms with Crippen molar-refractivity contribution < 1.29 is 14.6 Å². The second kappa shape index (κ2) is 7.32. The van der Waals surface area contributed by atoms with E-state index in [1.807, 2.05) is 24.3 Å². The molecule has 2 fully saturated rings. The minimum atomic E-state index is -0.384. The van der Waals surface area contributed by atoms with E-state index in [2.05, 4.69) is 10.2 Å². The molecule has 5 heteroatoms. The molecule has 0 aromatic heterocycles. The largest absolute Gasteiger partial charge is 0.497 e. The Morgan fingerprint density at radius 2 is 2.17 bits per heavy atom. The zero-order valence-corrected chi connectivity index (χ0v) is 13.7. The van der Waals surface area contributed by atoms with Gasteiger partial charge in [-0.2, -0.15) is 0 Å². The zero-order valence-electron chi connectivity index (χ0n) is 13.7. The van der Waals surface area contributed by atoms with E-state index in [9.17, 15) is 9.90 Å². The zero-order chi connectivity index (χ0) is 16.2. The number of methoxy groups -OCH3 is 1. The number of aliphatic hydroxyl groups excluding tert-OH is 1.